The van der Waals surface area contributed by atoms with Crippen molar-refractivity contribution in [3.8, 4) is 0 Å². The van der Waals surface area contributed by atoms with Crippen molar-refractivity contribution in [3.05, 3.63) is 28.6 Å². The van der Waals surface area contributed by atoms with Gasteiger partial charge in [-0.3, -0.25) is 10.1 Å². The highest BCUT2D eigenvalue weighted by molar-refractivity contribution is 5.25. The summed E-state index contributed by atoms with van der Waals surface area (Å²) >= 11 is 0. The summed E-state index contributed by atoms with van der Waals surface area (Å²) in [6, 6.07) is 1.54. The molecule has 0 amide bonds. The first-order chi connectivity index (χ1) is 6.59. The second-order valence-corrected chi connectivity index (χ2v) is 3.90. The Hall–Kier alpha value is -1.32. The van der Waals surface area contributed by atoms with Crippen LogP contribution in [0.3, 0.4) is 0 Å². The van der Waals surface area contributed by atoms with Crippen LogP contribution in [0.2, 0.25) is 0 Å². The number of rotatable bonds is 5. The molecule has 0 atom stereocenters. The molecule has 0 aliphatic heterocycles. The standard InChI is InChI=1S/C10H16N2O2/c1-9(2)4-3-6-11-7-5-10(8-11)12(13)14/h5,7-9H,3-4,6H2,1-2H3. The van der Waals surface area contributed by atoms with Crippen molar-refractivity contribution in [2.75, 3.05) is 0 Å². The lowest BCUT2D eigenvalue weighted by atomic mass is 10.1. The highest BCUT2D eigenvalue weighted by Gasteiger charge is 2.06. The van der Waals surface area contributed by atoms with E-state index in [0.717, 1.165) is 19.4 Å². The monoisotopic (exact) mass is 196 g/mol. The van der Waals surface area contributed by atoms with Crippen molar-refractivity contribution in [1.29, 1.82) is 0 Å². The number of hydrogen-bond acceptors (Lipinski definition) is 2. The quantitative estimate of drug-likeness (QED) is 0.537. The Morgan fingerprint density at radius 2 is 2.29 bits per heavy atom. The Morgan fingerprint density at radius 3 is 2.79 bits per heavy atom. The molecule has 0 saturated carbocycles. The predicted molar refractivity (Wildman–Crippen MR) is 55.2 cm³/mol. The second-order valence-electron chi connectivity index (χ2n) is 3.90. The van der Waals surface area contributed by atoms with Gasteiger partial charge in [-0.25, -0.2) is 0 Å². The Morgan fingerprint density at radius 1 is 1.57 bits per heavy atom. The van der Waals surface area contributed by atoms with Gasteiger partial charge in [0.05, 0.1) is 11.1 Å². The van der Waals surface area contributed by atoms with E-state index in [1.54, 1.807) is 12.4 Å². The molecule has 0 radical (unpaired) electrons. The molecule has 0 bridgehead atoms. The van der Waals surface area contributed by atoms with Crippen LogP contribution in [-0.4, -0.2) is 9.49 Å². The predicted octanol–water partition coefficient (Wildman–Crippen LogP) is 2.83. The molecular formula is C10H16N2O2. The van der Waals surface area contributed by atoms with E-state index in [4.69, 9.17) is 0 Å². The third-order valence-electron chi connectivity index (χ3n) is 2.14. The minimum atomic E-state index is -0.362. The second kappa shape index (κ2) is 4.79. The molecule has 1 heterocycles. The molecule has 0 saturated heterocycles. The zero-order chi connectivity index (χ0) is 10.6. The van der Waals surface area contributed by atoms with E-state index in [2.05, 4.69) is 13.8 Å². The smallest absolute Gasteiger partial charge is 0.286 e. The lowest BCUT2D eigenvalue weighted by molar-refractivity contribution is -0.384. The van der Waals surface area contributed by atoms with Crippen molar-refractivity contribution < 1.29 is 4.92 Å². The van der Waals surface area contributed by atoms with Gasteiger partial charge in [0.25, 0.3) is 5.69 Å². The number of nitro groups is 1. The SMILES string of the molecule is CC(C)CCCn1ccc([N+](=O)[O-])c1. The Kier molecular flexibility index (Phi) is 3.68. The Bertz CT molecular complexity index is 305. The molecule has 0 N–H and O–H groups in total. The maximum Gasteiger partial charge on any atom is 0.286 e. The highest BCUT2D eigenvalue weighted by atomic mass is 16.6. The van der Waals surface area contributed by atoms with Crippen molar-refractivity contribution in [3.63, 3.8) is 0 Å². The maximum atomic E-state index is 10.4. The lowest BCUT2D eigenvalue weighted by Gasteiger charge is -2.04. The largest absolute Gasteiger partial charge is 0.348 e. The number of aromatic nitrogens is 1. The van der Waals surface area contributed by atoms with Crippen LogP contribution in [0, 0.1) is 16.0 Å². The van der Waals surface area contributed by atoms with Crippen LogP contribution in [-0.2, 0) is 6.54 Å². The summed E-state index contributed by atoms with van der Waals surface area (Å²) in [7, 11) is 0. The summed E-state index contributed by atoms with van der Waals surface area (Å²) in [4.78, 5) is 10.0. The van der Waals surface area contributed by atoms with Gasteiger partial charge in [0.2, 0.25) is 0 Å². The summed E-state index contributed by atoms with van der Waals surface area (Å²) in [6.45, 7) is 5.22. The molecule has 14 heavy (non-hydrogen) atoms. The Balaban J connectivity index is 2.40. The summed E-state index contributed by atoms with van der Waals surface area (Å²) in [6.07, 6.45) is 5.58. The van der Waals surface area contributed by atoms with E-state index in [-0.39, 0.29) is 10.6 Å². The van der Waals surface area contributed by atoms with Crippen molar-refractivity contribution in [1.82, 2.24) is 4.57 Å². The molecule has 1 aromatic heterocycles. The van der Waals surface area contributed by atoms with Gasteiger partial charge in [0.1, 0.15) is 0 Å². The molecule has 0 aliphatic rings. The molecule has 4 nitrogen and oxygen atoms in total. The number of hydrogen-bond donors (Lipinski definition) is 0. The third kappa shape index (κ3) is 3.20. The van der Waals surface area contributed by atoms with Crippen LogP contribution in [0.1, 0.15) is 26.7 Å². The van der Waals surface area contributed by atoms with Gasteiger partial charge >= 0.3 is 0 Å². The fourth-order valence-electron chi connectivity index (χ4n) is 1.36. The molecular weight excluding hydrogens is 180 g/mol. The van der Waals surface area contributed by atoms with E-state index in [1.165, 1.54) is 6.07 Å². The fraction of sp³-hybridized carbons (Fsp3) is 0.600. The average molecular weight is 196 g/mol. The fourth-order valence-corrected chi connectivity index (χ4v) is 1.36. The maximum absolute atomic E-state index is 10.4. The van der Waals surface area contributed by atoms with Crippen LogP contribution < -0.4 is 0 Å². The minimum Gasteiger partial charge on any atom is -0.348 e. The van der Waals surface area contributed by atoms with Gasteiger partial charge in [-0.1, -0.05) is 13.8 Å². The van der Waals surface area contributed by atoms with E-state index in [9.17, 15) is 10.1 Å². The third-order valence-corrected chi connectivity index (χ3v) is 2.14. The van der Waals surface area contributed by atoms with Crippen LogP contribution in [0.5, 0.6) is 0 Å². The summed E-state index contributed by atoms with van der Waals surface area (Å²) in [5.41, 5.74) is 0.176. The molecule has 0 aromatic carbocycles. The molecule has 0 aliphatic carbocycles. The van der Waals surface area contributed by atoms with Gasteiger partial charge in [0, 0.05) is 18.8 Å². The van der Waals surface area contributed by atoms with E-state index >= 15 is 0 Å². The number of nitrogens with zero attached hydrogens (tertiary/aromatic N) is 2. The number of aryl methyl sites for hydroxylation is 1. The topological polar surface area (TPSA) is 48.1 Å². The van der Waals surface area contributed by atoms with E-state index < -0.39 is 0 Å². The first-order valence-corrected chi connectivity index (χ1v) is 4.90. The molecule has 0 fully saturated rings. The van der Waals surface area contributed by atoms with E-state index in [1.807, 2.05) is 4.57 Å². The highest BCUT2D eigenvalue weighted by Crippen LogP contribution is 2.12. The molecule has 1 aromatic rings. The van der Waals surface area contributed by atoms with Gasteiger partial charge < -0.3 is 4.57 Å². The van der Waals surface area contributed by atoms with Crippen LogP contribution >= 0.6 is 0 Å². The van der Waals surface area contributed by atoms with Gasteiger partial charge in [-0.2, -0.15) is 0 Å². The van der Waals surface area contributed by atoms with Crippen molar-refractivity contribution >= 4 is 5.69 Å². The zero-order valence-corrected chi connectivity index (χ0v) is 8.64. The van der Waals surface area contributed by atoms with Crippen LogP contribution in [0.25, 0.3) is 0 Å². The van der Waals surface area contributed by atoms with Crippen LogP contribution in [0.15, 0.2) is 18.5 Å². The molecule has 0 spiro atoms. The van der Waals surface area contributed by atoms with Crippen molar-refractivity contribution in [2.24, 2.45) is 5.92 Å². The van der Waals surface area contributed by atoms with Gasteiger partial charge in [-0.15, -0.1) is 0 Å². The van der Waals surface area contributed by atoms with Gasteiger partial charge in [-0.05, 0) is 18.8 Å². The summed E-state index contributed by atoms with van der Waals surface area (Å²) in [5, 5.41) is 10.4. The summed E-state index contributed by atoms with van der Waals surface area (Å²) in [5.74, 6) is 0.695. The zero-order valence-electron chi connectivity index (χ0n) is 8.64. The molecule has 4 heteroatoms. The lowest BCUT2D eigenvalue weighted by Crippen LogP contribution is -1.97. The van der Waals surface area contributed by atoms with Gasteiger partial charge in [0.15, 0.2) is 0 Å². The Labute approximate surface area is 83.7 Å². The molecule has 78 valence electrons. The first-order valence-electron chi connectivity index (χ1n) is 4.90. The summed E-state index contributed by atoms with van der Waals surface area (Å²) < 4.78 is 1.88. The minimum absolute atomic E-state index is 0.176. The van der Waals surface area contributed by atoms with Crippen LogP contribution in [0.4, 0.5) is 5.69 Å². The normalized spacial score (nSPS) is 10.8. The first kappa shape index (κ1) is 10.8. The molecule has 0 unspecified atom stereocenters. The average Bonchev–Trinajstić information content (AvgIpc) is 2.52. The van der Waals surface area contributed by atoms with E-state index in [0.29, 0.717) is 5.92 Å². The molecule has 1 rings (SSSR count). The van der Waals surface area contributed by atoms with Crippen molar-refractivity contribution in [2.45, 2.75) is 33.2 Å².